The third-order valence-electron chi connectivity index (χ3n) is 6.81. The van der Waals surface area contributed by atoms with Crippen molar-refractivity contribution in [2.75, 3.05) is 31.6 Å². The van der Waals surface area contributed by atoms with E-state index in [1.807, 2.05) is 13.0 Å². The van der Waals surface area contributed by atoms with Crippen LogP contribution in [0.1, 0.15) is 50.6 Å². The van der Waals surface area contributed by atoms with Crippen molar-refractivity contribution >= 4 is 11.6 Å². The maximum absolute atomic E-state index is 13.4. The second kappa shape index (κ2) is 7.30. The Kier molecular flexibility index (Phi) is 5.01. The molecule has 1 aromatic rings. The highest BCUT2D eigenvalue weighted by molar-refractivity contribution is 5.86. The van der Waals surface area contributed by atoms with E-state index in [2.05, 4.69) is 20.9 Å². The van der Waals surface area contributed by atoms with E-state index >= 15 is 0 Å². The zero-order valence-corrected chi connectivity index (χ0v) is 16.5. The van der Waals surface area contributed by atoms with E-state index in [4.69, 9.17) is 4.74 Å². The number of likely N-dealkylation sites (tertiary alicyclic amines) is 1. The first-order chi connectivity index (χ1) is 13.0. The first-order valence-corrected chi connectivity index (χ1v) is 10.3. The number of pyridine rings is 1. The van der Waals surface area contributed by atoms with Crippen molar-refractivity contribution in [2.45, 2.75) is 64.0 Å². The van der Waals surface area contributed by atoms with Gasteiger partial charge >= 0.3 is 0 Å². The van der Waals surface area contributed by atoms with Crippen molar-refractivity contribution in [3.8, 4) is 5.88 Å². The lowest BCUT2D eigenvalue weighted by Crippen LogP contribution is -2.50. The largest absolute Gasteiger partial charge is 0.481 e. The Morgan fingerprint density at radius 3 is 2.67 bits per heavy atom. The lowest BCUT2D eigenvalue weighted by Gasteiger charge is -2.41. The molecule has 1 amide bonds. The van der Waals surface area contributed by atoms with Gasteiger partial charge in [-0.25, -0.2) is 4.98 Å². The zero-order valence-electron chi connectivity index (χ0n) is 16.5. The average molecular weight is 373 g/mol. The average Bonchev–Trinajstić information content (AvgIpc) is 2.98. The Morgan fingerprint density at radius 2 is 1.96 bits per heavy atom. The molecule has 2 saturated heterocycles. The van der Waals surface area contributed by atoms with Gasteiger partial charge in [0.1, 0.15) is 0 Å². The molecule has 1 aromatic heterocycles. The number of aromatic nitrogens is 1. The van der Waals surface area contributed by atoms with Gasteiger partial charge < -0.3 is 19.6 Å². The van der Waals surface area contributed by atoms with Gasteiger partial charge in [-0.1, -0.05) is 0 Å². The van der Waals surface area contributed by atoms with Gasteiger partial charge in [-0.05, 0) is 57.9 Å². The molecule has 3 fully saturated rings. The van der Waals surface area contributed by atoms with Crippen molar-refractivity contribution in [3.05, 3.63) is 17.8 Å². The van der Waals surface area contributed by atoms with Crippen LogP contribution in [0.4, 0.5) is 5.69 Å². The number of nitrogens with zero attached hydrogens (tertiary/aromatic N) is 3. The molecule has 2 aliphatic heterocycles. The summed E-state index contributed by atoms with van der Waals surface area (Å²) in [5.74, 6) is 0.971. The minimum absolute atomic E-state index is 0.177. The summed E-state index contributed by atoms with van der Waals surface area (Å²) in [6.45, 7) is 4.63. The van der Waals surface area contributed by atoms with E-state index in [0.29, 0.717) is 17.8 Å². The van der Waals surface area contributed by atoms with Crippen molar-refractivity contribution in [3.63, 3.8) is 0 Å². The summed E-state index contributed by atoms with van der Waals surface area (Å²) < 4.78 is 5.23. The van der Waals surface area contributed by atoms with Crippen LogP contribution in [0.25, 0.3) is 0 Å². The second-order valence-corrected chi connectivity index (χ2v) is 8.47. The van der Waals surface area contributed by atoms with Gasteiger partial charge in [0.05, 0.1) is 30.0 Å². The molecule has 148 valence electrons. The molecule has 3 heterocycles. The lowest BCUT2D eigenvalue weighted by molar-refractivity contribution is -0.139. The maximum Gasteiger partial charge on any atom is 0.230 e. The number of methoxy groups -OCH3 is 1. The first-order valence-electron chi connectivity index (χ1n) is 10.3. The van der Waals surface area contributed by atoms with E-state index in [9.17, 15) is 9.90 Å². The molecule has 1 saturated carbocycles. The number of hydrogen-bond acceptors (Lipinski definition) is 5. The van der Waals surface area contributed by atoms with Crippen LogP contribution in [-0.4, -0.2) is 59.8 Å². The fraction of sp³-hybridized carbons (Fsp3) is 0.714. The van der Waals surface area contributed by atoms with Crippen LogP contribution in [0.15, 0.2) is 12.1 Å². The predicted octanol–water partition coefficient (Wildman–Crippen LogP) is 2.52. The van der Waals surface area contributed by atoms with Gasteiger partial charge in [0.15, 0.2) is 0 Å². The van der Waals surface area contributed by atoms with Gasteiger partial charge in [0.25, 0.3) is 0 Å². The molecule has 0 bridgehead atoms. The van der Waals surface area contributed by atoms with Crippen molar-refractivity contribution in [1.29, 1.82) is 0 Å². The summed E-state index contributed by atoms with van der Waals surface area (Å²) in [6.07, 6.45) is 6.32. The van der Waals surface area contributed by atoms with E-state index in [1.54, 1.807) is 7.11 Å². The third kappa shape index (κ3) is 3.40. The number of amides is 1. The molecule has 1 aliphatic carbocycles. The van der Waals surface area contributed by atoms with Crippen molar-refractivity contribution in [1.82, 2.24) is 9.88 Å². The van der Waals surface area contributed by atoms with Crippen LogP contribution < -0.4 is 9.64 Å². The molecule has 3 aliphatic rings. The number of hydrogen-bond donors (Lipinski definition) is 1. The van der Waals surface area contributed by atoms with Crippen LogP contribution in [-0.2, 0) is 4.79 Å². The highest BCUT2D eigenvalue weighted by Gasteiger charge is 2.50. The highest BCUT2D eigenvalue weighted by atomic mass is 16.5. The molecule has 1 spiro atoms. The van der Waals surface area contributed by atoms with Crippen molar-refractivity contribution in [2.24, 2.45) is 5.41 Å². The van der Waals surface area contributed by atoms with Crippen LogP contribution in [0, 0.1) is 12.3 Å². The molecule has 0 radical (unpaired) electrons. The number of ether oxygens (including phenoxy) is 1. The number of aliphatic hydroxyl groups excluding tert-OH is 1. The monoisotopic (exact) mass is 373 g/mol. The van der Waals surface area contributed by atoms with Gasteiger partial charge in [-0.3, -0.25) is 4.79 Å². The molecule has 6 nitrogen and oxygen atoms in total. The Balaban J connectivity index is 1.50. The normalized spacial score (nSPS) is 31.6. The van der Waals surface area contributed by atoms with E-state index in [0.717, 1.165) is 76.0 Å². The Bertz CT molecular complexity index is 702. The molecular formula is C21H31N3O3. The zero-order chi connectivity index (χ0) is 19.0. The second-order valence-electron chi connectivity index (χ2n) is 8.47. The van der Waals surface area contributed by atoms with Crippen LogP contribution >= 0.6 is 0 Å². The predicted molar refractivity (Wildman–Crippen MR) is 104 cm³/mol. The Morgan fingerprint density at radius 1 is 1.19 bits per heavy atom. The number of piperidine rings is 1. The Labute approximate surface area is 161 Å². The topological polar surface area (TPSA) is 65.9 Å². The van der Waals surface area contributed by atoms with E-state index in [-0.39, 0.29) is 11.5 Å². The fourth-order valence-corrected chi connectivity index (χ4v) is 5.26. The number of aliphatic hydroxyl groups is 1. The van der Waals surface area contributed by atoms with Gasteiger partial charge in [0, 0.05) is 31.7 Å². The summed E-state index contributed by atoms with van der Waals surface area (Å²) in [4.78, 5) is 22.4. The fourth-order valence-electron chi connectivity index (χ4n) is 5.26. The summed E-state index contributed by atoms with van der Waals surface area (Å²) in [6, 6.07) is 4.29. The van der Waals surface area contributed by atoms with Gasteiger partial charge in [-0.15, -0.1) is 0 Å². The standard InChI is InChI=1S/C21H31N3O3/c1-15-18(8-9-19(22-15)27-2)23-12-3-10-21(14-23)11-13-24(20(21)26)16-4-6-17(25)7-5-16/h8-9,16-17,25H,3-7,10-14H2,1-2H3/t16-,17-,21-/m0/s1. The number of aryl methyl sites for hydroxylation is 1. The maximum atomic E-state index is 13.4. The number of carbonyl (C=O) groups is 1. The third-order valence-corrected chi connectivity index (χ3v) is 6.81. The molecular weight excluding hydrogens is 342 g/mol. The first kappa shape index (κ1) is 18.5. The lowest BCUT2D eigenvalue weighted by atomic mass is 9.78. The number of carbonyl (C=O) groups excluding carboxylic acids is 1. The number of rotatable bonds is 3. The molecule has 1 atom stereocenters. The smallest absolute Gasteiger partial charge is 0.230 e. The number of anilines is 1. The summed E-state index contributed by atoms with van der Waals surface area (Å²) >= 11 is 0. The van der Waals surface area contributed by atoms with Crippen LogP contribution in [0.2, 0.25) is 0 Å². The molecule has 6 heteroatoms. The summed E-state index contributed by atoms with van der Waals surface area (Å²) in [5, 5.41) is 9.78. The molecule has 4 rings (SSSR count). The molecule has 0 unspecified atom stereocenters. The van der Waals surface area contributed by atoms with Crippen LogP contribution in [0.3, 0.4) is 0 Å². The SMILES string of the molecule is COc1ccc(N2CCC[C@]3(CCN([C@H]4CC[C@H](O)CC4)C3=O)C2)c(C)n1. The molecule has 27 heavy (non-hydrogen) atoms. The highest BCUT2D eigenvalue weighted by Crippen LogP contribution is 2.43. The minimum atomic E-state index is -0.249. The van der Waals surface area contributed by atoms with E-state index in [1.165, 1.54) is 0 Å². The molecule has 1 N–H and O–H groups in total. The summed E-state index contributed by atoms with van der Waals surface area (Å²) in [5.41, 5.74) is 1.82. The Hall–Kier alpha value is -1.82. The molecule has 0 aromatic carbocycles. The van der Waals surface area contributed by atoms with Gasteiger partial charge in [-0.2, -0.15) is 0 Å². The van der Waals surface area contributed by atoms with E-state index < -0.39 is 0 Å². The van der Waals surface area contributed by atoms with Crippen molar-refractivity contribution < 1.29 is 14.6 Å². The quantitative estimate of drug-likeness (QED) is 0.882. The van der Waals surface area contributed by atoms with Crippen LogP contribution in [0.5, 0.6) is 5.88 Å². The summed E-state index contributed by atoms with van der Waals surface area (Å²) in [7, 11) is 1.63. The van der Waals surface area contributed by atoms with Gasteiger partial charge in [0.2, 0.25) is 11.8 Å². The minimum Gasteiger partial charge on any atom is -0.481 e.